The van der Waals surface area contributed by atoms with Gasteiger partial charge in [-0.15, -0.1) is 0 Å². The highest BCUT2D eigenvalue weighted by atomic mass is 16.5. The molecule has 0 aliphatic carbocycles. The van der Waals surface area contributed by atoms with E-state index in [9.17, 15) is 0 Å². The topological polar surface area (TPSA) is 47.7 Å². The summed E-state index contributed by atoms with van der Waals surface area (Å²) in [6, 6.07) is 5.89. The summed E-state index contributed by atoms with van der Waals surface area (Å²) >= 11 is 0. The Morgan fingerprint density at radius 1 is 1.33 bits per heavy atom. The van der Waals surface area contributed by atoms with Crippen LogP contribution >= 0.6 is 0 Å². The molecule has 0 aromatic heterocycles. The van der Waals surface area contributed by atoms with Gasteiger partial charge in [0.15, 0.2) is 11.5 Å². The number of likely N-dealkylation sites (tertiary alicyclic amines) is 1. The van der Waals surface area contributed by atoms with Crippen molar-refractivity contribution in [2.24, 2.45) is 5.73 Å². The average Bonchev–Trinajstić information content (AvgIpc) is 2.41. The maximum atomic E-state index is 6.06. The van der Waals surface area contributed by atoms with Crippen LogP contribution < -0.4 is 15.2 Å². The number of nitrogens with two attached hydrogens (primary N) is 1. The van der Waals surface area contributed by atoms with E-state index in [4.69, 9.17) is 15.2 Å². The van der Waals surface area contributed by atoms with Crippen LogP contribution in [0.4, 0.5) is 0 Å². The van der Waals surface area contributed by atoms with Gasteiger partial charge in [0, 0.05) is 25.2 Å². The van der Waals surface area contributed by atoms with Crippen LogP contribution in [0.25, 0.3) is 0 Å². The molecule has 1 aliphatic heterocycles. The molecular formula is C14H22N2O2. The standard InChI is InChI=1S/C14H22N2O2/c1-16-8-6-12(7-9-16)18-13-5-3-4-11(10-15)14(13)17-2/h3-5,12H,6-10,15H2,1-2H3. The van der Waals surface area contributed by atoms with Crippen molar-refractivity contribution in [1.82, 2.24) is 4.90 Å². The van der Waals surface area contributed by atoms with Crippen molar-refractivity contribution in [2.75, 3.05) is 27.2 Å². The third-order valence-corrected chi connectivity index (χ3v) is 3.44. The molecule has 1 aromatic carbocycles. The number of piperidine rings is 1. The highest BCUT2D eigenvalue weighted by Gasteiger charge is 2.20. The first-order valence-electron chi connectivity index (χ1n) is 6.45. The van der Waals surface area contributed by atoms with E-state index in [2.05, 4.69) is 11.9 Å². The fraction of sp³-hybridized carbons (Fsp3) is 0.571. The lowest BCUT2D eigenvalue weighted by Crippen LogP contribution is -2.35. The van der Waals surface area contributed by atoms with E-state index >= 15 is 0 Å². The highest BCUT2D eigenvalue weighted by molar-refractivity contribution is 5.46. The van der Waals surface area contributed by atoms with E-state index in [0.717, 1.165) is 43.0 Å². The average molecular weight is 250 g/mol. The van der Waals surface area contributed by atoms with Gasteiger partial charge in [0.05, 0.1) is 7.11 Å². The van der Waals surface area contributed by atoms with Gasteiger partial charge in [0.25, 0.3) is 0 Å². The molecule has 0 radical (unpaired) electrons. The normalized spacial score (nSPS) is 17.7. The second-order valence-electron chi connectivity index (χ2n) is 4.77. The summed E-state index contributed by atoms with van der Waals surface area (Å²) in [5.74, 6) is 1.59. The summed E-state index contributed by atoms with van der Waals surface area (Å²) in [6.07, 6.45) is 2.40. The Hall–Kier alpha value is -1.26. The zero-order chi connectivity index (χ0) is 13.0. The Labute approximate surface area is 109 Å². The van der Waals surface area contributed by atoms with Crippen LogP contribution in [0.3, 0.4) is 0 Å². The third kappa shape index (κ3) is 2.94. The van der Waals surface area contributed by atoms with E-state index in [1.54, 1.807) is 7.11 Å². The predicted octanol–water partition coefficient (Wildman–Crippen LogP) is 1.63. The Bertz CT molecular complexity index is 387. The molecule has 18 heavy (non-hydrogen) atoms. The second-order valence-corrected chi connectivity index (χ2v) is 4.77. The first-order chi connectivity index (χ1) is 8.74. The van der Waals surface area contributed by atoms with E-state index < -0.39 is 0 Å². The van der Waals surface area contributed by atoms with Gasteiger partial charge in [-0.25, -0.2) is 0 Å². The fourth-order valence-electron chi connectivity index (χ4n) is 2.33. The Kier molecular flexibility index (Phi) is 4.44. The SMILES string of the molecule is COc1c(CN)cccc1OC1CCN(C)CC1. The van der Waals surface area contributed by atoms with Gasteiger partial charge in [-0.05, 0) is 26.0 Å². The van der Waals surface area contributed by atoms with Crippen LogP contribution in [0.2, 0.25) is 0 Å². The molecule has 1 aliphatic rings. The maximum Gasteiger partial charge on any atom is 0.165 e. The summed E-state index contributed by atoms with van der Waals surface area (Å²) < 4.78 is 11.5. The number of methoxy groups -OCH3 is 1. The summed E-state index contributed by atoms with van der Waals surface area (Å²) in [4.78, 5) is 2.33. The Balaban J connectivity index is 2.09. The molecule has 1 aromatic rings. The molecule has 4 heteroatoms. The van der Waals surface area contributed by atoms with E-state index in [-0.39, 0.29) is 6.10 Å². The Morgan fingerprint density at radius 2 is 2.06 bits per heavy atom. The number of hydrogen-bond acceptors (Lipinski definition) is 4. The van der Waals surface area contributed by atoms with Crippen LogP contribution in [0, 0.1) is 0 Å². The molecule has 4 nitrogen and oxygen atoms in total. The van der Waals surface area contributed by atoms with Crippen molar-refractivity contribution in [2.45, 2.75) is 25.5 Å². The maximum absolute atomic E-state index is 6.06. The lowest BCUT2D eigenvalue weighted by Gasteiger charge is -2.29. The zero-order valence-electron chi connectivity index (χ0n) is 11.2. The minimum atomic E-state index is 0.281. The summed E-state index contributed by atoms with van der Waals surface area (Å²) in [5.41, 5.74) is 6.69. The summed E-state index contributed by atoms with van der Waals surface area (Å²) in [6.45, 7) is 2.64. The van der Waals surface area contributed by atoms with Gasteiger partial charge in [0.2, 0.25) is 0 Å². The summed E-state index contributed by atoms with van der Waals surface area (Å²) in [5, 5.41) is 0. The van der Waals surface area contributed by atoms with Gasteiger partial charge in [-0.2, -0.15) is 0 Å². The number of hydrogen-bond donors (Lipinski definition) is 1. The van der Waals surface area contributed by atoms with Crippen molar-refractivity contribution in [3.8, 4) is 11.5 Å². The van der Waals surface area contributed by atoms with Crippen LogP contribution in [0.5, 0.6) is 11.5 Å². The van der Waals surface area contributed by atoms with Crippen LogP contribution in [-0.2, 0) is 6.54 Å². The fourth-order valence-corrected chi connectivity index (χ4v) is 2.33. The highest BCUT2D eigenvalue weighted by Crippen LogP contribution is 2.32. The van der Waals surface area contributed by atoms with Crippen LogP contribution in [0.15, 0.2) is 18.2 Å². The van der Waals surface area contributed by atoms with Crippen LogP contribution in [-0.4, -0.2) is 38.3 Å². The molecule has 2 rings (SSSR count). The van der Waals surface area contributed by atoms with E-state index in [1.807, 2.05) is 18.2 Å². The predicted molar refractivity (Wildman–Crippen MR) is 72.0 cm³/mol. The second kappa shape index (κ2) is 6.07. The van der Waals surface area contributed by atoms with E-state index in [1.165, 1.54) is 0 Å². The zero-order valence-corrected chi connectivity index (χ0v) is 11.2. The molecule has 0 amide bonds. The molecule has 100 valence electrons. The molecule has 0 bridgehead atoms. The lowest BCUT2D eigenvalue weighted by molar-refractivity contribution is 0.111. The quantitative estimate of drug-likeness (QED) is 0.882. The first-order valence-corrected chi connectivity index (χ1v) is 6.45. The van der Waals surface area contributed by atoms with Gasteiger partial charge < -0.3 is 20.1 Å². The molecule has 1 saturated heterocycles. The molecule has 0 saturated carbocycles. The third-order valence-electron chi connectivity index (χ3n) is 3.44. The number of para-hydroxylation sites is 1. The molecule has 1 fully saturated rings. The van der Waals surface area contributed by atoms with Crippen molar-refractivity contribution in [1.29, 1.82) is 0 Å². The minimum absolute atomic E-state index is 0.281. The number of benzene rings is 1. The van der Waals surface area contributed by atoms with Crippen molar-refractivity contribution < 1.29 is 9.47 Å². The molecule has 0 spiro atoms. The Morgan fingerprint density at radius 3 is 2.67 bits per heavy atom. The van der Waals surface area contributed by atoms with Crippen LogP contribution in [0.1, 0.15) is 18.4 Å². The lowest BCUT2D eigenvalue weighted by atomic mass is 10.1. The molecule has 0 unspecified atom stereocenters. The van der Waals surface area contributed by atoms with Crippen molar-refractivity contribution >= 4 is 0 Å². The van der Waals surface area contributed by atoms with Crippen molar-refractivity contribution in [3.05, 3.63) is 23.8 Å². The molecular weight excluding hydrogens is 228 g/mol. The monoisotopic (exact) mass is 250 g/mol. The number of rotatable bonds is 4. The largest absolute Gasteiger partial charge is 0.493 e. The number of nitrogens with zero attached hydrogens (tertiary/aromatic N) is 1. The van der Waals surface area contributed by atoms with Gasteiger partial charge in [0.1, 0.15) is 6.10 Å². The molecule has 1 heterocycles. The minimum Gasteiger partial charge on any atom is -0.493 e. The van der Waals surface area contributed by atoms with Gasteiger partial charge in [-0.1, -0.05) is 12.1 Å². The first kappa shape index (κ1) is 13.2. The number of ether oxygens (including phenoxy) is 2. The van der Waals surface area contributed by atoms with E-state index in [0.29, 0.717) is 6.54 Å². The smallest absolute Gasteiger partial charge is 0.165 e. The van der Waals surface area contributed by atoms with Gasteiger partial charge in [-0.3, -0.25) is 0 Å². The van der Waals surface area contributed by atoms with Gasteiger partial charge >= 0.3 is 0 Å². The molecule has 0 atom stereocenters. The summed E-state index contributed by atoms with van der Waals surface area (Å²) in [7, 11) is 3.81. The van der Waals surface area contributed by atoms with Crippen molar-refractivity contribution in [3.63, 3.8) is 0 Å². The molecule has 2 N–H and O–H groups in total.